The van der Waals surface area contributed by atoms with Gasteiger partial charge in [0.25, 0.3) is 5.91 Å². The lowest BCUT2D eigenvalue weighted by molar-refractivity contribution is -0.124. The van der Waals surface area contributed by atoms with Crippen molar-refractivity contribution >= 4 is 11.8 Å². The van der Waals surface area contributed by atoms with Crippen molar-refractivity contribution in [2.24, 2.45) is 5.92 Å². The molecule has 2 aromatic rings. The second-order valence-electron chi connectivity index (χ2n) is 6.96. The van der Waals surface area contributed by atoms with Gasteiger partial charge in [-0.3, -0.25) is 9.59 Å². The van der Waals surface area contributed by atoms with Crippen molar-refractivity contribution in [3.8, 4) is 0 Å². The summed E-state index contributed by atoms with van der Waals surface area (Å²) in [5.41, 5.74) is 1.94. The molecule has 4 nitrogen and oxygen atoms in total. The van der Waals surface area contributed by atoms with Crippen LogP contribution >= 0.6 is 0 Å². The molecule has 0 heterocycles. The van der Waals surface area contributed by atoms with E-state index in [1.54, 1.807) is 19.1 Å². The van der Waals surface area contributed by atoms with Crippen molar-refractivity contribution in [2.75, 3.05) is 0 Å². The predicted molar refractivity (Wildman–Crippen MR) is 100 cm³/mol. The van der Waals surface area contributed by atoms with Gasteiger partial charge in [-0.2, -0.15) is 0 Å². The standard InChI is InChI=1S/C21H24F2N2O2/c1-12(2)19(25-20(26)15-7-5-13(3)6-8-15)21(27)24-14(4)16-9-10-17(22)18(23)11-16/h5-12,14,19H,1-4H3,(H,24,27)(H,25,26). The maximum Gasteiger partial charge on any atom is 0.251 e. The first-order valence-electron chi connectivity index (χ1n) is 8.82. The van der Waals surface area contributed by atoms with Crippen LogP contribution in [0.3, 0.4) is 0 Å². The van der Waals surface area contributed by atoms with Crippen LogP contribution in [-0.4, -0.2) is 17.9 Å². The summed E-state index contributed by atoms with van der Waals surface area (Å²) in [6.45, 7) is 7.24. The van der Waals surface area contributed by atoms with Crippen LogP contribution in [0.4, 0.5) is 8.78 Å². The quantitative estimate of drug-likeness (QED) is 0.806. The zero-order valence-electron chi connectivity index (χ0n) is 15.8. The van der Waals surface area contributed by atoms with Gasteiger partial charge in [0.2, 0.25) is 5.91 Å². The van der Waals surface area contributed by atoms with Crippen LogP contribution < -0.4 is 10.6 Å². The second-order valence-corrected chi connectivity index (χ2v) is 6.96. The molecule has 0 fully saturated rings. The smallest absolute Gasteiger partial charge is 0.251 e. The summed E-state index contributed by atoms with van der Waals surface area (Å²) in [5.74, 6) is -2.80. The monoisotopic (exact) mass is 374 g/mol. The van der Waals surface area contributed by atoms with Crippen molar-refractivity contribution in [1.82, 2.24) is 10.6 Å². The van der Waals surface area contributed by atoms with Crippen molar-refractivity contribution in [3.63, 3.8) is 0 Å². The average Bonchev–Trinajstić information content (AvgIpc) is 2.61. The van der Waals surface area contributed by atoms with Gasteiger partial charge in [-0.25, -0.2) is 8.78 Å². The van der Waals surface area contributed by atoms with Crippen LogP contribution in [0.1, 0.15) is 48.3 Å². The molecule has 0 aliphatic heterocycles. The number of aryl methyl sites for hydroxylation is 1. The Labute approximate surface area is 158 Å². The first kappa shape index (κ1) is 20.6. The summed E-state index contributed by atoms with van der Waals surface area (Å²) in [5, 5.41) is 5.49. The van der Waals surface area contributed by atoms with Crippen LogP contribution in [0.2, 0.25) is 0 Å². The maximum atomic E-state index is 13.4. The minimum Gasteiger partial charge on any atom is -0.348 e. The molecule has 0 aliphatic rings. The van der Waals surface area contributed by atoms with Gasteiger partial charge < -0.3 is 10.6 Å². The van der Waals surface area contributed by atoms with E-state index in [1.807, 2.05) is 32.9 Å². The zero-order valence-corrected chi connectivity index (χ0v) is 15.8. The summed E-state index contributed by atoms with van der Waals surface area (Å²) in [4.78, 5) is 25.1. The Morgan fingerprint density at radius 3 is 2.07 bits per heavy atom. The molecule has 0 bridgehead atoms. The highest BCUT2D eigenvalue weighted by molar-refractivity contribution is 5.97. The van der Waals surface area contributed by atoms with Gasteiger partial charge in [-0.1, -0.05) is 37.6 Å². The third-order valence-corrected chi connectivity index (χ3v) is 4.35. The van der Waals surface area contributed by atoms with Crippen molar-refractivity contribution < 1.29 is 18.4 Å². The zero-order chi connectivity index (χ0) is 20.1. The fourth-order valence-electron chi connectivity index (χ4n) is 2.63. The summed E-state index contributed by atoms with van der Waals surface area (Å²) < 4.78 is 26.5. The number of amides is 2. The first-order valence-corrected chi connectivity index (χ1v) is 8.82. The first-order chi connectivity index (χ1) is 12.7. The molecule has 2 N–H and O–H groups in total. The average molecular weight is 374 g/mol. The van der Waals surface area contributed by atoms with Crippen LogP contribution in [0.15, 0.2) is 42.5 Å². The molecular formula is C21H24F2N2O2. The molecule has 0 saturated carbocycles. The van der Waals surface area contributed by atoms with Gasteiger partial charge in [-0.05, 0) is 49.6 Å². The molecule has 0 saturated heterocycles. The number of nitrogens with one attached hydrogen (secondary N) is 2. The molecular weight excluding hydrogens is 350 g/mol. The highest BCUT2D eigenvalue weighted by Gasteiger charge is 2.26. The van der Waals surface area contributed by atoms with Crippen molar-refractivity contribution in [3.05, 3.63) is 70.8 Å². The Hall–Kier alpha value is -2.76. The van der Waals surface area contributed by atoms with E-state index in [-0.39, 0.29) is 17.7 Å². The largest absolute Gasteiger partial charge is 0.348 e. The minimum absolute atomic E-state index is 0.156. The lowest BCUT2D eigenvalue weighted by Gasteiger charge is -2.24. The number of hydrogen-bond acceptors (Lipinski definition) is 2. The van der Waals surface area contributed by atoms with Gasteiger partial charge in [0, 0.05) is 5.56 Å². The highest BCUT2D eigenvalue weighted by Crippen LogP contribution is 2.17. The van der Waals surface area contributed by atoms with E-state index in [0.29, 0.717) is 11.1 Å². The molecule has 2 rings (SSSR count). The van der Waals surface area contributed by atoms with E-state index in [1.165, 1.54) is 6.07 Å². The summed E-state index contributed by atoms with van der Waals surface area (Å²) in [7, 11) is 0. The SMILES string of the molecule is Cc1ccc(C(=O)NC(C(=O)NC(C)c2ccc(F)c(F)c2)C(C)C)cc1. The molecule has 2 amide bonds. The van der Waals surface area contributed by atoms with Gasteiger partial charge in [0.15, 0.2) is 11.6 Å². The van der Waals surface area contributed by atoms with Crippen LogP contribution in [0.25, 0.3) is 0 Å². The molecule has 2 aromatic carbocycles. The number of carbonyl (C=O) groups excluding carboxylic acids is 2. The molecule has 0 aromatic heterocycles. The normalized spacial score (nSPS) is 13.1. The van der Waals surface area contributed by atoms with Gasteiger partial charge >= 0.3 is 0 Å². The Kier molecular flexibility index (Phi) is 6.66. The number of hydrogen-bond donors (Lipinski definition) is 2. The predicted octanol–water partition coefficient (Wildman–Crippen LogP) is 3.91. The van der Waals surface area contributed by atoms with Crippen LogP contribution in [0.5, 0.6) is 0 Å². The third-order valence-electron chi connectivity index (χ3n) is 4.35. The lowest BCUT2D eigenvalue weighted by atomic mass is 10.0. The number of rotatable bonds is 6. The van der Waals surface area contributed by atoms with E-state index < -0.39 is 23.7 Å². The fraction of sp³-hybridized carbons (Fsp3) is 0.333. The molecule has 0 aliphatic carbocycles. The fourth-order valence-corrected chi connectivity index (χ4v) is 2.63. The Morgan fingerprint density at radius 1 is 0.889 bits per heavy atom. The van der Waals surface area contributed by atoms with Gasteiger partial charge in [0.05, 0.1) is 6.04 Å². The Balaban J connectivity index is 2.08. The van der Waals surface area contributed by atoms with E-state index >= 15 is 0 Å². The molecule has 0 radical (unpaired) electrons. The minimum atomic E-state index is -0.971. The second kappa shape index (κ2) is 8.75. The van der Waals surface area contributed by atoms with E-state index in [0.717, 1.165) is 17.7 Å². The molecule has 6 heteroatoms. The van der Waals surface area contributed by atoms with E-state index in [2.05, 4.69) is 10.6 Å². The van der Waals surface area contributed by atoms with Crippen molar-refractivity contribution in [2.45, 2.75) is 39.8 Å². The summed E-state index contributed by atoms with van der Waals surface area (Å²) >= 11 is 0. The maximum absolute atomic E-state index is 13.4. The van der Waals surface area contributed by atoms with Crippen LogP contribution in [-0.2, 0) is 4.79 Å². The Bertz CT molecular complexity index is 819. The Morgan fingerprint density at radius 2 is 1.52 bits per heavy atom. The van der Waals surface area contributed by atoms with Gasteiger partial charge in [0.1, 0.15) is 6.04 Å². The summed E-state index contributed by atoms with van der Waals surface area (Å²) in [6.07, 6.45) is 0. The molecule has 2 unspecified atom stereocenters. The third kappa shape index (κ3) is 5.36. The number of benzene rings is 2. The number of halogens is 2. The number of carbonyl (C=O) groups is 2. The summed E-state index contributed by atoms with van der Waals surface area (Å²) in [6, 6.07) is 9.24. The van der Waals surface area contributed by atoms with E-state index in [4.69, 9.17) is 0 Å². The van der Waals surface area contributed by atoms with Crippen LogP contribution in [0, 0.1) is 24.5 Å². The molecule has 27 heavy (non-hydrogen) atoms. The molecule has 0 spiro atoms. The van der Waals surface area contributed by atoms with E-state index in [9.17, 15) is 18.4 Å². The molecule has 144 valence electrons. The topological polar surface area (TPSA) is 58.2 Å². The molecule has 2 atom stereocenters. The highest BCUT2D eigenvalue weighted by atomic mass is 19.2. The van der Waals surface area contributed by atoms with Crippen molar-refractivity contribution in [1.29, 1.82) is 0 Å². The lowest BCUT2D eigenvalue weighted by Crippen LogP contribution is -2.50. The van der Waals surface area contributed by atoms with Gasteiger partial charge in [-0.15, -0.1) is 0 Å².